The maximum atomic E-state index is 13.8. The van der Waals surface area contributed by atoms with Crippen molar-refractivity contribution in [3.05, 3.63) is 65.2 Å². The average Bonchev–Trinajstić information content (AvgIpc) is 2.67. The van der Waals surface area contributed by atoms with E-state index < -0.39 is 34.9 Å². The molecule has 0 atom stereocenters. The van der Waals surface area contributed by atoms with Crippen LogP contribution in [0.2, 0.25) is 0 Å². The molecule has 0 saturated heterocycles. The summed E-state index contributed by atoms with van der Waals surface area (Å²) in [6.45, 7) is 0. The van der Waals surface area contributed by atoms with E-state index in [1.165, 1.54) is 36.4 Å². The third kappa shape index (κ3) is 3.82. The molecule has 9 N–H and O–H groups in total. The molecular weight excluding hydrogens is 413 g/mol. The first kappa shape index (κ1) is 21.5. The zero-order valence-electron chi connectivity index (χ0n) is 15.8. The lowest BCUT2D eigenvalue weighted by Crippen LogP contribution is -2.15. The molecule has 0 fully saturated rings. The smallest absolute Gasteiger partial charge is 0.419 e. The lowest BCUT2D eigenvalue weighted by molar-refractivity contribution is -0.138. The first-order valence-corrected chi connectivity index (χ1v) is 8.75. The molecular formula is C21H17F3N4O3. The first-order chi connectivity index (χ1) is 14.4. The van der Waals surface area contributed by atoms with Crippen molar-refractivity contribution in [1.82, 2.24) is 0 Å². The van der Waals surface area contributed by atoms with Gasteiger partial charge in [0.2, 0.25) is 11.8 Å². The van der Waals surface area contributed by atoms with Gasteiger partial charge in [-0.05, 0) is 42.0 Å². The third-order valence-electron chi connectivity index (χ3n) is 4.70. The average molecular weight is 430 g/mol. The predicted octanol–water partition coefficient (Wildman–Crippen LogP) is 3.11. The van der Waals surface area contributed by atoms with Gasteiger partial charge >= 0.3 is 6.18 Å². The standard InChI is InChI=1S/C21H17F3N4O3/c22-21(23,24)13-8-9(16-10(19(27)30)3-1-5-14(16)25)7-12(18(13)29)17-11(20(28)31)4-2-6-15(17)26/h1-8,29H,25-26H2,(H2,27,30)(H2,28,31). The number of aromatic hydroxyl groups is 1. The van der Waals surface area contributed by atoms with Crippen LogP contribution in [0, 0.1) is 0 Å². The largest absolute Gasteiger partial charge is 0.507 e. The summed E-state index contributed by atoms with van der Waals surface area (Å²) in [6, 6.07) is 9.88. The lowest BCUT2D eigenvalue weighted by Gasteiger charge is -2.19. The number of rotatable bonds is 4. The fourth-order valence-corrected chi connectivity index (χ4v) is 3.36. The van der Waals surface area contributed by atoms with E-state index in [2.05, 4.69) is 0 Å². The summed E-state index contributed by atoms with van der Waals surface area (Å²) in [5.74, 6) is -3.04. The van der Waals surface area contributed by atoms with E-state index in [1.807, 2.05) is 0 Å². The highest BCUT2D eigenvalue weighted by atomic mass is 19.4. The van der Waals surface area contributed by atoms with E-state index in [-0.39, 0.29) is 39.2 Å². The molecule has 0 aromatic heterocycles. The maximum Gasteiger partial charge on any atom is 0.419 e. The molecule has 10 heteroatoms. The van der Waals surface area contributed by atoms with Gasteiger partial charge in [0.05, 0.1) is 5.56 Å². The predicted molar refractivity (Wildman–Crippen MR) is 110 cm³/mol. The molecule has 0 aliphatic rings. The van der Waals surface area contributed by atoms with E-state index in [0.29, 0.717) is 6.07 Å². The molecule has 3 rings (SSSR count). The number of halogens is 3. The zero-order chi connectivity index (χ0) is 23.1. The molecule has 0 unspecified atom stereocenters. The van der Waals surface area contributed by atoms with Crippen LogP contribution in [0.4, 0.5) is 24.5 Å². The highest BCUT2D eigenvalue weighted by molar-refractivity contribution is 6.06. The molecule has 0 radical (unpaired) electrons. The topological polar surface area (TPSA) is 158 Å². The highest BCUT2D eigenvalue weighted by Crippen LogP contribution is 2.47. The van der Waals surface area contributed by atoms with Gasteiger partial charge in [-0.15, -0.1) is 0 Å². The molecule has 0 aliphatic heterocycles. The van der Waals surface area contributed by atoms with Gasteiger partial charge in [0.1, 0.15) is 5.75 Å². The van der Waals surface area contributed by atoms with Crippen molar-refractivity contribution >= 4 is 23.2 Å². The van der Waals surface area contributed by atoms with Gasteiger partial charge in [-0.1, -0.05) is 12.1 Å². The molecule has 0 spiro atoms. The van der Waals surface area contributed by atoms with Crippen LogP contribution in [0.5, 0.6) is 5.75 Å². The zero-order valence-corrected chi connectivity index (χ0v) is 15.8. The molecule has 31 heavy (non-hydrogen) atoms. The van der Waals surface area contributed by atoms with E-state index in [9.17, 15) is 27.9 Å². The van der Waals surface area contributed by atoms with Crippen LogP contribution in [0.15, 0.2) is 48.5 Å². The van der Waals surface area contributed by atoms with E-state index >= 15 is 0 Å². The number of anilines is 2. The van der Waals surface area contributed by atoms with Crippen molar-refractivity contribution in [3.63, 3.8) is 0 Å². The molecule has 3 aromatic rings. The number of primary amides is 2. The maximum absolute atomic E-state index is 13.8. The Morgan fingerprint density at radius 3 is 1.77 bits per heavy atom. The van der Waals surface area contributed by atoms with Gasteiger partial charge in [-0.3, -0.25) is 9.59 Å². The summed E-state index contributed by atoms with van der Waals surface area (Å²) in [7, 11) is 0. The monoisotopic (exact) mass is 430 g/mol. The van der Waals surface area contributed by atoms with Crippen LogP contribution in [-0.4, -0.2) is 16.9 Å². The number of hydrogen-bond donors (Lipinski definition) is 5. The van der Waals surface area contributed by atoms with E-state index in [4.69, 9.17) is 22.9 Å². The third-order valence-corrected chi connectivity index (χ3v) is 4.70. The summed E-state index contributed by atoms with van der Waals surface area (Å²) in [4.78, 5) is 23.7. The molecule has 3 aromatic carbocycles. The number of alkyl halides is 3. The van der Waals surface area contributed by atoms with Crippen LogP contribution >= 0.6 is 0 Å². The Labute approximate surface area is 174 Å². The Balaban J connectivity index is 2.49. The minimum Gasteiger partial charge on any atom is -0.507 e. The molecule has 0 saturated carbocycles. The number of amides is 2. The Morgan fingerprint density at radius 1 is 0.806 bits per heavy atom. The Bertz CT molecular complexity index is 1220. The van der Waals surface area contributed by atoms with Crippen molar-refractivity contribution in [2.24, 2.45) is 11.5 Å². The van der Waals surface area contributed by atoms with Gasteiger partial charge in [0, 0.05) is 39.2 Å². The second-order valence-corrected chi connectivity index (χ2v) is 6.69. The molecule has 0 bridgehead atoms. The van der Waals surface area contributed by atoms with E-state index in [1.54, 1.807) is 0 Å². The summed E-state index contributed by atoms with van der Waals surface area (Å²) in [5, 5.41) is 10.5. The van der Waals surface area contributed by atoms with Gasteiger partial charge in [-0.25, -0.2) is 0 Å². The number of phenols is 1. The van der Waals surface area contributed by atoms with Gasteiger partial charge in [-0.2, -0.15) is 13.2 Å². The van der Waals surface area contributed by atoms with E-state index in [0.717, 1.165) is 6.07 Å². The van der Waals surface area contributed by atoms with Crippen LogP contribution in [0.25, 0.3) is 22.3 Å². The molecule has 0 heterocycles. The van der Waals surface area contributed by atoms with Crippen molar-refractivity contribution < 1.29 is 27.9 Å². The second-order valence-electron chi connectivity index (χ2n) is 6.69. The Hall–Kier alpha value is -4.21. The number of benzene rings is 3. The quantitative estimate of drug-likeness (QED) is 0.402. The number of nitrogen functional groups attached to an aromatic ring is 2. The number of phenolic OH excluding ortho intramolecular Hbond substituents is 1. The van der Waals surface area contributed by atoms with Crippen LogP contribution in [0.1, 0.15) is 26.3 Å². The lowest BCUT2D eigenvalue weighted by atomic mass is 9.89. The molecule has 160 valence electrons. The minimum absolute atomic E-state index is 0.0165. The molecule has 2 amide bonds. The normalized spacial score (nSPS) is 11.3. The fourth-order valence-electron chi connectivity index (χ4n) is 3.36. The van der Waals surface area contributed by atoms with Gasteiger partial charge < -0.3 is 28.0 Å². The van der Waals surface area contributed by atoms with Crippen LogP contribution in [0.3, 0.4) is 0 Å². The summed E-state index contributed by atoms with van der Waals surface area (Å²) in [5.41, 5.74) is 19.9. The summed E-state index contributed by atoms with van der Waals surface area (Å²) < 4.78 is 41.3. The second kappa shape index (κ2) is 7.56. The van der Waals surface area contributed by atoms with Crippen molar-refractivity contribution in [1.29, 1.82) is 0 Å². The SMILES string of the molecule is NC(=O)c1cccc(N)c1-c1cc(-c2c(N)cccc2C(N)=O)c(O)c(C(F)(F)F)c1. The molecule has 0 aliphatic carbocycles. The fraction of sp³-hybridized carbons (Fsp3) is 0.0476. The van der Waals surface area contributed by atoms with Crippen molar-refractivity contribution in [3.8, 4) is 28.0 Å². The van der Waals surface area contributed by atoms with Gasteiger partial charge in [0.25, 0.3) is 0 Å². The van der Waals surface area contributed by atoms with Gasteiger partial charge in [0.15, 0.2) is 0 Å². The number of carbonyl (C=O) groups excluding carboxylic acids is 2. The number of nitrogens with two attached hydrogens (primary N) is 4. The summed E-state index contributed by atoms with van der Waals surface area (Å²) in [6.07, 6.45) is -4.98. The Kier molecular flexibility index (Phi) is 5.24. The number of hydrogen-bond acceptors (Lipinski definition) is 5. The Morgan fingerprint density at radius 2 is 1.29 bits per heavy atom. The molecule has 7 nitrogen and oxygen atoms in total. The highest BCUT2D eigenvalue weighted by Gasteiger charge is 2.36. The first-order valence-electron chi connectivity index (χ1n) is 8.75. The number of carbonyl (C=O) groups is 2. The van der Waals surface area contributed by atoms with Crippen LogP contribution in [-0.2, 0) is 6.18 Å². The van der Waals surface area contributed by atoms with Crippen molar-refractivity contribution in [2.75, 3.05) is 11.5 Å². The minimum atomic E-state index is -4.98. The van der Waals surface area contributed by atoms with Crippen molar-refractivity contribution in [2.45, 2.75) is 6.18 Å². The van der Waals surface area contributed by atoms with Crippen LogP contribution < -0.4 is 22.9 Å². The summed E-state index contributed by atoms with van der Waals surface area (Å²) >= 11 is 0.